The Balaban J connectivity index is 2.74. The molecule has 0 aliphatic heterocycles. The summed E-state index contributed by atoms with van der Waals surface area (Å²) < 4.78 is 5.01. The first kappa shape index (κ1) is 6.32. The Morgan fingerprint density at radius 2 is 2.11 bits per heavy atom. The summed E-state index contributed by atoms with van der Waals surface area (Å²) in [7, 11) is 0. The van der Waals surface area contributed by atoms with Crippen LogP contribution < -0.4 is 5.73 Å². The minimum atomic E-state index is -0.0556. The fourth-order valence-corrected chi connectivity index (χ4v) is 0.617. The molecule has 3 N–H and O–H groups in total. The highest BCUT2D eigenvalue weighted by molar-refractivity contribution is 5.05. The van der Waals surface area contributed by atoms with Gasteiger partial charge < -0.3 is 15.3 Å². The zero-order chi connectivity index (χ0) is 6.69. The van der Waals surface area contributed by atoms with Crippen LogP contribution in [0.15, 0.2) is 16.5 Å². The molecule has 1 aromatic rings. The Kier molecular flexibility index (Phi) is 1.87. The van der Waals surface area contributed by atoms with Crippen LogP contribution in [0.3, 0.4) is 0 Å². The largest absolute Gasteiger partial charge is 0.462 e. The highest BCUT2D eigenvalue weighted by Crippen LogP contribution is 2.05. The standard InChI is InChI=1S/C6H9NO2/c7-3-5-1-2-6(4-8)9-5/h1-2,8H,3-4,7H2. The van der Waals surface area contributed by atoms with E-state index in [1.165, 1.54) is 0 Å². The van der Waals surface area contributed by atoms with E-state index in [-0.39, 0.29) is 6.61 Å². The first-order chi connectivity index (χ1) is 4.36. The zero-order valence-electron chi connectivity index (χ0n) is 5.00. The molecule has 3 nitrogen and oxygen atoms in total. The van der Waals surface area contributed by atoms with Gasteiger partial charge in [-0.05, 0) is 12.1 Å². The summed E-state index contributed by atoms with van der Waals surface area (Å²) in [6.45, 7) is 0.333. The topological polar surface area (TPSA) is 59.4 Å². The second kappa shape index (κ2) is 2.66. The molecule has 0 bridgehead atoms. The molecule has 0 amide bonds. The maximum atomic E-state index is 8.51. The van der Waals surface area contributed by atoms with Crippen LogP contribution in [0.1, 0.15) is 11.5 Å². The Morgan fingerprint density at radius 1 is 1.44 bits per heavy atom. The van der Waals surface area contributed by atoms with Gasteiger partial charge in [-0.3, -0.25) is 0 Å². The van der Waals surface area contributed by atoms with Crippen LogP contribution in [0.25, 0.3) is 0 Å². The van der Waals surface area contributed by atoms with E-state index in [2.05, 4.69) is 0 Å². The second-order valence-electron chi connectivity index (χ2n) is 1.73. The van der Waals surface area contributed by atoms with E-state index < -0.39 is 0 Å². The third kappa shape index (κ3) is 1.31. The van der Waals surface area contributed by atoms with E-state index in [1.807, 2.05) is 0 Å². The summed E-state index contributed by atoms with van der Waals surface area (Å²) in [5.41, 5.74) is 5.24. The van der Waals surface area contributed by atoms with E-state index >= 15 is 0 Å². The average Bonchev–Trinajstić information content (AvgIpc) is 2.34. The molecule has 0 radical (unpaired) electrons. The summed E-state index contributed by atoms with van der Waals surface area (Å²) in [6, 6.07) is 3.47. The maximum Gasteiger partial charge on any atom is 0.129 e. The molecule has 0 aliphatic carbocycles. The van der Waals surface area contributed by atoms with Gasteiger partial charge in [-0.2, -0.15) is 0 Å². The van der Waals surface area contributed by atoms with Crippen molar-refractivity contribution in [3.63, 3.8) is 0 Å². The van der Waals surface area contributed by atoms with Crippen LogP contribution in [0.4, 0.5) is 0 Å². The van der Waals surface area contributed by atoms with Crippen LogP contribution in [0.2, 0.25) is 0 Å². The monoisotopic (exact) mass is 127 g/mol. The molecule has 0 aromatic carbocycles. The van der Waals surface area contributed by atoms with Gasteiger partial charge in [0.2, 0.25) is 0 Å². The number of aliphatic hydroxyl groups is 1. The highest BCUT2D eigenvalue weighted by Gasteiger charge is 1.95. The van der Waals surface area contributed by atoms with E-state index in [9.17, 15) is 0 Å². The van der Waals surface area contributed by atoms with Gasteiger partial charge in [-0.15, -0.1) is 0 Å². The molecular formula is C6H9NO2. The zero-order valence-corrected chi connectivity index (χ0v) is 5.00. The van der Waals surface area contributed by atoms with Gasteiger partial charge in [-0.1, -0.05) is 0 Å². The molecule has 0 saturated heterocycles. The van der Waals surface area contributed by atoms with Crippen LogP contribution in [0.5, 0.6) is 0 Å². The van der Waals surface area contributed by atoms with Crippen molar-refractivity contribution in [1.29, 1.82) is 0 Å². The molecule has 1 heterocycles. The second-order valence-corrected chi connectivity index (χ2v) is 1.73. The third-order valence-corrected chi connectivity index (χ3v) is 1.07. The quantitative estimate of drug-likeness (QED) is 0.597. The number of nitrogens with two attached hydrogens (primary N) is 1. The van der Waals surface area contributed by atoms with Crippen molar-refractivity contribution in [2.45, 2.75) is 13.2 Å². The van der Waals surface area contributed by atoms with Gasteiger partial charge in [0, 0.05) is 0 Å². The SMILES string of the molecule is NCc1ccc(CO)o1. The lowest BCUT2D eigenvalue weighted by molar-refractivity contribution is 0.243. The maximum absolute atomic E-state index is 8.51. The van der Waals surface area contributed by atoms with Gasteiger partial charge in [0.1, 0.15) is 18.1 Å². The molecule has 0 unspecified atom stereocenters. The molecule has 1 aromatic heterocycles. The fourth-order valence-electron chi connectivity index (χ4n) is 0.617. The lowest BCUT2D eigenvalue weighted by Gasteiger charge is -1.86. The molecule has 3 heteroatoms. The van der Waals surface area contributed by atoms with Crippen molar-refractivity contribution in [3.05, 3.63) is 23.7 Å². The number of rotatable bonds is 2. The lowest BCUT2D eigenvalue weighted by atomic mass is 10.4. The van der Waals surface area contributed by atoms with E-state index in [0.717, 1.165) is 0 Å². The van der Waals surface area contributed by atoms with Crippen molar-refractivity contribution in [2.24, 2.45) is 5.73 Å². The van der Waals surface area contributed by atoms with Gasteiger partial charge in [-0.25, -0.2) is 0 Å². The van der Waals surface area contributed by atoms with Gasteiger partial charge in [0.15, 0.2) is 0 Å². The molecule has 0 aliphatic rings. The minimum Gasteiger partial charge on any atom is -0.462 e. The highest BCUT2D eigenvalue weighted by atomic mass is 16.4. The molecule has 0 fully saturated rings. The van der Waals surface area contributed by atoms with Gasteiger partial charge in [0.05, 0.1) is 6.54 Å². The number of hydrogen-bond acceptors (Lipinski definition) is 3. The van der Waals surface area contributed by atoms with Crippen molar-refractivity contribution in [2.75, 3.05) is 0 Å². The number of aliphatic hydroxyl groups excluding tert-OH is 1. The molecular weight excluding hydrogens is 118 g/mol. The molecule has 50 valence electrons. The Bertz CT molecular complexity index is 164. The van der Waals surface area contributed by atoms with Gasteiger partial charge >= 0.3 is 0 Å². The summed E-state index contributed by atoms with van der Waals surface area (Å²) in [4.78, 5) is 0. The van der Waals surface area contributed by atoms with Crippen LogP contribution in [-0.2, 0) is 13.2 Å². The van der Waals surface area contributed by atoms with Gasteiger partial charge in [0.25, 0.3) is 0 Å². The molecule has 0 spiro atoms. The normalized spacial score (nSPS) is 10.0. The third-order valence-electron chi connectivity index (χ3n) is 1.07. The van der Waals surface area contributed by atoms with Crippen molar-refractivity contribution < 1.29 is 9.52 Å². The average molecular weight is 127 g/mol. The molecule has 0 saturated carbocycles. The molecule has 1 rings (SSSR count). The van der Waals surface area contributed by atoms with E-state index in [0.29, 0.717) is 18.1 Å². The minimum absolute atomic E-state index is 0.0556. The van der Waals surface area contributed by atoms with Crippen LogP contribution >= 0.6 is 0 Å². The van der Waals surface area contributed by atoms with Crippen molar-refractivity contribution in [3.8, 4) is 0 Å². The summed E-state index contributed by atoms with van der Waals surface area (Å²) in [5.74, 6) is 1.27. The predicted molar refractivity (Wildman–Crippen MR) is 32.5 cm³/mol. The predicted octanol–water partition coefficient (Wildman–Crippen LogP) is 0.231. The Morgan fingerprint density at radius 3 is 2.44 bits per heavy atom. The van der Waals surface area contributed by atoms with Crippen molar-refractivity contribution in [1.82, 2.24) is 0 Å². The fraction of sp³-hybridized carbons (Fsp3) is 0.333. The van der Waals surface area contributed by atoms with Crippen molar-refractivity contribution >= 4 is 0 Å². The van der Waals surface area contributed by atoms with Crippen LogP contribution in [0, 0.1) is 0 Å². The Labute approximate surface area is 53.1 Å². The Hall–Kier alpha value is -0.800. The lowest BCUT2D eigenvalue weighted by Crippen LogP contribution is -1.92. The van der Waals surface area contributed by atoms with E-state index in [1.54, 1.807) is 12.1 Å². The van der Waals surface area contributed by atoms with Crippen LogP contribution in [-0.4, -0.2) is 5.11 Å². The number of hydrogen-bond donors (Lipinski definition) is 2. The summed E-state index contributed by atoms with van der Waals surface area (Å²) in [5, 5.41) is 8.51. The number of furan rings is 1. The first-order valence-electron chi connectivity index (χ1n) is 2.75. The smallest absolute Gasteiger partial charge is 0.129 e. The van der Waals surface area contributed by atoms with E-state index in [4.69, 9.17) is 15.3 Å². The first-order valence-corrected chi connectivity index (χ1v) is 2.75. The summed E-state index contributed by atoms with van der Waals surface area (Å²) in [6.07, 6.45) is 0. The summed E-state index contributed by atoms with van der Waals surface area (Å²) >= 11 is 0. The molecule has 0 atom stereocenters. The molecule has 9 heavy (non-hydrogen) atoms.